The Bertz CT molecular complexity index is 1340. The monoisotopic (exact) mass is 542 g/mol. The van der Waals surface area contributed by atoms with E-state index in [1.165, 1.54) is 17.0 Å². The van der Waals surface area contributed by atoms with Crippen molar-refractivity contribution in [3.8, 4) is 5.75 Å². The lowest BCUT2D eigenvalue weighted by atomic mass is 10.2. The van der Waals surface area contributed by atoms with E-state index in [4.69, 9.17) is 17.0 Å². The van der Waals surface area contributed by atoms with Gasteiger partial charge in [0.1, 0.15) is 16.7 Å². The molecule has 0 unspecified atom stereocenters. The number of hydrogen-bond acceptors (Lipinski definition) is 5. The van der Waals surface area contributed by atoms with Crippen LogP contribution in [0.2, 0.25) is 0 Å². The Hall–Kier alpha value is -3.63. The van der Waals surface area contributed by atoms with Gasteiger partial charge in [0.15, 0.2) is 0 Å². The summed E-state index contributed by atoms with van der Waals surface area (Å²) < 4.78 is 44.8. The molecule has 3 aromatic carbocycles. The van der Waals surface area contributed by atoms with Gasteiger partial charge >= 0.3 is 6.18 Å². The molecule has 0 spiro atoms. The minimum absolute atomic E-state index is 0.00697. The van der Waals surface area contributed by atoms with Crippen molar-refractivity contribution in [2.45, 2.75) is 19.2 Å². The Morgan fingerprint density at radius 2 is 1.78 bits per heavy atom. The van der Waals surface area contributed by atoms with Gasteiger partial charge in [0.05, 0.1) is 10.5 Å². The first kappa shape index (κ1) is 26.4. The Morgan fingerprint density at radius 3 is 2.54 bits per heavy atom. The lowest BCUT2D eigenvalue weighted by Gasteiger charge is -2.14. The standard InChI is InChI=1S/C27H21F3N2O3S2/c28-27(29,30)20-9-5-10-21(16-20)31-24(33)12-13-32-25(34)23(37-26(32)36)15-19-8-4-11-22(14-19)35-17-18-6-2-1-3-7-18/h1-11,14-16H,12-13,17H2,(H,31,33)/b23-15-. The number of thioether (sulfide) groups is 1. The van der Waals surface area contributed by atoms with Crippen LogP contribution in [0.15, 0.2) is 83.8 Å². The number of benzene rings is 3. The summed E-state index contributed by atoms with van der Waals surface area (Å²) in [5, 5.41) is 2.43. The number of halogens is 3. The van der Waals surface area contributed by atoms with E-state index in [9.17, 15) is 22.8 Å². The van der Waals surface area contributed by atoms with Gasteiger partial charge in [0.2, 0.25) is 5.91 Å². The molecule has 0 radical (unpaired) electrons. The molecular formula is C27H21F3N2O3S2. The highest BCUT2D eigenvalue weighted by Crippen LogP contribution is 2.33. The Morgan fingerprint density at radius 1 is 1.03 bits per heavy atom. The molecule has 0 aromatic heterocycles. The number of ether oxygens (including phenoxy) is 1. The Kier molecular flexibility index (Phi) is 8.30. The smallest absolute Gasteiger partial charge is 0.416 e. The van der Waals surface area contributed by atoms with Gasteiger partial charge in [-0.2, -0.15) is 13.2 Å². The van der Waals surface area contributed by atoms with Crippen molar-refractivity contribution >= 4 is 51.9 Å². The van der Waals surface area contributed by atoms with Gasteiger partial charge in [-0.3, -0.25) is 14.5 Å². The number of hydrogen-bond donors (Lipinski definition) is 1. The maximum absolute atomic E-state index is 12.9. The zero-order valence-electron chi connectivity index (χ0n) is 19.3. The largest absolute Gasteiger partial charge is 0.489 e. The summed E-state index contributed by atoms with van der Waals surface area (Å²) in [6, 6.07) is 21.4. The number of carbonyl (C=O) groups excluding carboxylic acids is 2. The third kappa shape index (κ3) is 7.21. The van der Waals surface area contributed by atoms with Gasteiger partial charge in [0, 0.05) is 18.7 Å². The van der Waals surface area contributed by atoms with Crippen molar-refractivity contribution in [1.29, 1.82) is 0 Å². The summed E-state index contributed by atoms with van der Waals surface area (Å²) in [6.07, 6.45) is -2.93. The van der Waals surface area contributed by atoms with Crippen LogP contribution in [0.3, 0.4) is 0 Å². The van der Waals surface area contributed by atoms with Crippen LogP contribution in [-0.2, 0) is 22.4 Å². The maximum Gasteiger partial charge on any atom is 0.416 e. The molecule has 0 atom stereocenters. The number of anilines is 1. The molecule has 4 rings (SSSR count). The second-order valence-electron chi connectivity index (χ2n) is 8.06. The summed E-state index contributed by atoms with van der Waals surface area (Å²) in [6.45, 7) is 0.419. The molecule has 190 valence electrons. The number of rotatable bonds is 8. The molecule has 1 aliphatic heterocycles. The molecule has 0 bridgehead atoms. The minimum Gasteiger partial charge on any atom is -0.489 e. The topological polar surface area (TPSA) is 58.6 Å². The highest BCUT2D eigenvalue weighted by Gasteiger charge is 2.32. The Balaban J connectivity index is 1.34. The van der Waals surface area contributed by atoms with Crippen molar-refractivity contribution in [2.75, 3.05) is 11.9 Å². The molecule has 37 heavy (non-hydrogen) atoms. The van der Waals surface area contributed by atoms with Gasteiger partial charge in [-0.05, 0) is 47.5 Å². The number of carbonyl (C=O) groups is 2. The fourth-order valence-corrected chi connectivity index (χ4v) is 4.80. The first-order valence-corrected chi connectivity index (χ1v) is 12.4. The van der Waals surface area contributed by atoms with Gasteiger partial charge in [-0.1, -0.05) is 72.5 Å². The fourth-order valence-electron chi connectivity index (χ4n) is 3.49. The van der Waals surface area contributed by atoms with Gasteiger partial charge in [-0.25, -0.2) is 0 Å². The predicted molar refractivity (Wildman–Crippen MR) is 142 cm³/mol. The predicted octanol–water partition coefficient (Wildman–Crippen LogP) is 6.51. The quantitative estimate of drug-likeness (QED) is 0.260. The third-order valence-electron chi connectivity index (χ3n) is 5.31. The van der Waals surface area contributed by atoms with E-state index in [1.54, 1.807) is 6.08 Å². The second kappa shape index (κ2) is 11.6. The average molecular weight is 543 g/mol. The van der Waals surface area contributed by atoms with E-state index < -0.39 is 17.6 Å². The van der Waals surface area contributed by atoms with Crippen LogP contribution < -0.4 is 10.1 Å². The van der Waals surface area contributed by atoms with Crippen molar-refractivity contribution in [2.24, 2.45) is 0 Å². The molecule has 1 aliphatic rings. The Labute approximate surface area is 221 Å². The van der Waals surface area contributed by atoms with E-state index >= 15 is 0 Å². The summed E-state index contributed by atoms with van der Waals surface area (Å²) in [5.74, 6) is -0.211. The molecule has 0 aliphatic carbocycles. The molecule has 1 N–H and O–H groups in total. The first-order chi connectivity index (χ1) is 17.7. The van der Waals surface area contributed by atoms with Gasteiger partial charge in [-0.15, -0.1) is 0 Å². The zero-order valence-corrected chi connectivity index (χ0v) is 21.0. The molecule has 2 amide bonds. The number of nitrogens with one attached hydrogen (secondary N) is 1. The van der Waals surface area contributed by atoms with E-state index in [0.717, 1.165) is 35.0 Å². The van der Waals surface area contributed by atoms with Crippen LogP contribution in [0.5, 0.6) is 5.75 Å². The van der Waals surface area contributed by atoms with Crippen molar-refractivity contribution in [3.05, 3.63) is 100 Å². The van der Waals surface area contributed by atoms with E-state index in [1.807, 2.05) is 54.6 Å². The van der Waals surface area contributed by atoms with Crippen LogP contribution in [0.25, 0.3) is 6.08 Å². The van der Waals surface area contributed by atoms with Crippen LogP contribution in [0, 0.1) is 0 Å². The average Bonchev–Trinajstić information content (AvgIpc) is 3.13. The number of nitrogens with zero attached hydrogens (tertiary/aromatic N) is 1. The molecule has 1 heterocycles. The summed E-state index contributed by atoms with van der Waals surface area (Å²) in [5.41, 5.74) is 0.959. The maximum atomic E-state index is 12.9. The van der Waals surface area contributed by atoms with Gasteiger partial charge < -0.3 is 10.1 Å². The molecule has 5 nitrogen and oxygen atoms in total. The summed E-state index contributed by atoms with van der Waals surface area (Å²) >= 11 is 6.44. The van der Waals surface area contributed by atoms with Crippen LogP contribution in [0.1, 0.15) is 23.1 Å². The third-order valence-corrected chi connectivity index (χ3v) is 6.69. The molecule has 0 saturated carbocycles. The summed E-state index contributed by atoms with van der Waals surface area (Å²) in [4.78, 5) is 26.9. The molecule has 10 heteroatoms. The number of amides is 2. The van der Waals surface area contributed by atoms with Crippen LogP contribution in [0.4, 0.5) is 18.9 Å². The number of alkyl halides is 3. The molecule has 1 fully saturated rings. The van der Waals surface area contributed by atoms with Gasteiger partial charge in [0.25, 0.3) is 5.91 Å². The molecular weight excluding hydrogens is 521 g/mol. The SMILES string of the molecule is O=C(CCN1C(=O)/C(=C/c2cccc(OCc3ccccc3)c2)SC1=S)Nc1cccc(C(F)(F)F)c1. The number of thiocarbonyl (C=S) groups is 1. The molecule has 1 saturated heterocycles. The van der Waals surface area contributed by atoms with E-state index in [2.05, 4.69) is 5.32 Å². The van der Waals surface area contributed by atoms with Crippen molar-refractivity contribution in [1.82, 2.24) is 4.90 Å². The zero-order chi connectivity index (χ0) is 26.4. The highest BCUT2D eigenvalue weighted by atomic mass is 32.2. The fraction of sp³-hybridized carbons (Fsp3) is 0.148. The van der Waals surface area contributed by atoms with Crippen LogP contribution >= 0.6 is 24.0 Å². The lowest BCUT2D eigenvalue weighted by Crippen LogP contribution is -2.31. The highest BCUT2D eigenvalue weighted by molar-refractivity contribution is 8.26. The van der Waals surface area contributed by atoms with E-state index in [0.29, 0.717) is 21.6 Å². The summed E-state index contributed by atoms with van der Waals surface area (Å²) in [7, 11) is 0. The second-order valence-corrected chi connectivity index (χ2v) is 9.73. The van der Waals surface area contributed by atoms with E-state index in [-0.39, 0.29) is 24.6 Å². The first-order valence-electron chi connectivity index (χ1n) is 11.2. The molecule has 3 aromatic rings. The van der Waals surface area contributed by atoms with Crippen molar-refractivity contribution < 1.29 is 27.5 Å². The van der Waals surface area contributed by atoms with Crippen LogP contribution in [-0.4, -0.2) is 27.6 Å². The normalized spacial score (nSPS) is 14.8. The van der Waals surface area contributed by atoms with Crippen molar-refractivity contribution in [3.63, 3.8) is 0 Å². The minimum atomic E-state index is -4.51. The lowest BCUT2D eigenvalue weighted by molar-refractivity contribution is -0.137.